The van der Waals surface area contributed by atoms with Gasteiger partial charge in [-0.1, -0.05) is 6.07 Å². The van der Waals surface area contributed by atoms with Gasteiger partial charge in [0.2, 0.25) is 0 Å². The van der Waals surface area contributed by atoms with Crippen LogP contribution in [0.25, 0.3) is 5.52 Å². The first-order valence-electron chi connectivity index (χ1n) is 6.47. The van der Waals surface area contributed by atoms with E-state index in [1.807, 2.05) is 6.20 Å². The molecule has 1 aliphatic rings. The molecule has 2 aromatic rings. The minimum Gasteiger partial charge on any atom is -0.316 e. The van der Waals surface area contributed by atoms with E-state index < -0.39 is 0 Å². The van der Waals surface area contributed by atoms with E-state index in [0.29, 0.717) is 0 Å². The number of nitrogens with one attached hydrogen (secondary N) is 1. The monoisotopic (exact) mass is 229 g/mol. The fourth-order valence-electron chi connectivity index (χ4n) is 2.79. The molecular weight excluding hydrogens is 210 g/mol. The number of nitrogens with zero attached hydrogens (tertiary/aromatic N) is 2. The second-order valence-corrected chi connectivity index (χ2v) is 5.02. The molecule has 3 heteroatoms. The van der Waals surface area contributed by atoms with Crippen molar-refractivity contribution in [1.82, 2.24) is 14.7 Å². The molecule has 1 fully saturated rings. The number of hydrogen-bond donors (Lipinski definition) is 1. The average Bonchev–Trinajstić information content (AvgIpc) is 2.75. The van der Waals surface area contributed by atoms with E-state index in [0.717, 1.165) is 18.9 Å². The van der Waals surface area contributed by atoms with Gasteiger partial charge in [0.1, 0.15) is 5.82 Å². The lowest BCUT2D eigenvalue weighted by molar-refractivity contribution is 0.370. The van der Waals surface area contributed by atoms with Crippen molar-refractivity contribution in [2.75, 3.05) is 13.1 Å². The van der Waals surface area contributed by atoms with Crippen molar-refractivity contribution in [1.29, 1.82) is 0 Å². The normalized spacial score (nSPS) is 20.9. The van der Waals surface area contributed by atoms with Crippen LogP contribution >= 0.6 is 0 Å². The fraction of sp³-hybridized carbons (Fsp3) is 0.500. The summed E-state index contributed by atoms with van der Waals surface area (Å²) >= 11 is 0. The Bertz CT molecular complexity index is 509. The van der Waals surface area contributed by atoms with Crippen LogP contribution in [-0.2, 0) is 6.42 Å². The van der Waals surface area contributed by atoms with Gasteiger partial charge >= 0.3 is 0 Å². The molecule has 1 unspecified atom stereocenters. The van der Waals surface area contributed by atoms with Gasteiger partial charge in [0.15, 0.2) is 0 Å². The second-order valence-electron chi connectivity index (χ2n) is 5.02. The van der Waals surface area contributed by atoms with Gasteiger partial charge < -0.3 is 9.72 Å². The fourth-order valence-corrected chi connectivity index (χ4v) is 2.79. The van der Waals surface area contributed by atoms with E-state index in [9.17, 15) is 0 Å². The third kappa shape index (κ3) is 2.07. The summed E-state index contributed by atoms with van der Waals surface area (Å²) in [6.45, 7) is 4.47. The van der Waals surface area contributed by atoms with Crippen LogP contribution in [0, 0.1) is 12.8 Å². The topological polar surface area (TPSA) is 29.3 Å². The molecule has 0 amide bonds. The molecular formula is C14H19N3. The number of fused-ring (bicyclic) bond motifs is 1. The highest BCUT2D eigenvalue weighted by atomic mass is 15.0. The molecule has 2 aromatic heterocycles. The number of pyridine rings is 1. The summed E-state index contributed by atoms with van der Waals surface area (Å²) in [6.07, 6.45) is 5.70. The Hall–Kier alpha value is -1.35. The van der Waals surface area contributed by atoms with Crippen molar-refractivity contribution >= 4 is 5.52 Å². The Morgan fingerprint density at radius 3 is 3.24 bits per heavy atom. The third-order valence-electron chi connectivity index (χ3n) is 3.69. The van der Waals surface area contributed by atoms with Crippen LogP contribution < -0.4 is 5.32 Å². The first-order valence-corrected chi connectivity index (χ1v) is 6.47. The number of aryl methyl sites for hydroxylation is 1. The lowest BCUT2D eigenvalue weighted by Crippen LogP contribution is -2.31. The molecule has 3 heterocycles. The molecule has 0 aliphatic carbocycles. The first-order chi connectivity index (χ1) is 8.34. The van der Waals surface area contributed by atoms with Crippen molar-refractivity contribution in [3.63, 3.8) is 0 Å². The SMILES string of the molecule is Cc1cccc2cnc(CC3CCCNC3)n12. The van der Waals surface area contributed by atoms with Crippen molar-refractivity contribution < 1.29 is 0 Å². The highest BCUT2D eigenvalue weighted by Crippen LogP contribution is 2.18. The molecule has 0 aromatic carbocycles. The number of aromatic nitrogens is 2. The predicted molar refractivity (Wildman–Crippen MR) is 69.2 cm³/mol. The number of imidazole rings is 1. The summed E-state index contributed by atoms with van der Waals surface area (Å²) in [5.74, 6) is 1.96. The first kappa shape index (κ1) is 10.8. The molecule has 0 bridgehead atoms. The molecule has 1 aliphatic heterocycles. The van der Waals surface area contributed by atoms with Gasteiger partial charge in [-0.25, -0.2) is 4.98 Å². The molecule has 0 saturated carbocycles. The van der Waals surface area contributed by atoms with Gasteiger partial charge in [-0.3, -0.25) is 0 Å². The summed E-state index contributed by atoms with van der Waals surface area (Å²) in [5.41, 5.74) is 2.49. The predicted octanol–water partition coefficient (Wildman–Crippen LogP) is 2.18. The molecule has 17 heavy (non-hydrogen) atoms. The summed E-state index contributed by atoms with van der Waals surface area (Å²) < 4.78 is 2.29. The molecule has 0 radical (unpaired) electrons. The van der Waals surface area contributed by atoms with Crippen molar-refractivity contribution in [2.45, 2.75) is 26.2 Å². The van der Waals surface area contributed by atoms with Crippen LogP contribution in [0.1, 0.15) is 24.4 Å². The maximum absolute atomic E-state index is 4.59. The lowest BCUT2D eigenvalue weighted by Gasteiger charge is -2.22. The maximum atomic E-state index is 4.59. The zero-order valence-electron chi connectivity index (χ0n) is 10.3. The molecule has 0 spiro atoms. The van der Waals surface area contributed by atoms with Gasteiger partial charge in [-0.2, -0.15) is 0 Å². The summed E-state index contributed by atoms with van der Waals surface area (Å²) in [7, 11) is 0. The van der Waals surface area contributed by atoms with E-state index in [-0.39, 0.29) is 0 Å². The standard InChI is InChI=1S/C14H19N3/c1-11-4-2-6-13-10-16-14(17(11)13)8-12-5-3-7-15-9-12/h2,4,6,10,12,15H,3,5,7-9H2,1H3. The summed E-state index contributed by atoms with van der Waals surface area (Å²) in [4.78, 5) is 4.59. The zero-order valence-corrected chi connectivity index (χ0v) is 10.3. The lowest BCUT2D eigenvalue weighted by atomic mass is 9.96. The molecule has 1 atom stereocenters. The highest BCUT2D eigenvalue weighted by molar-refractivity contribution is 5.47. The van der Waals surface area contributed by atoms with Crippen LogP contribution in [-0.4, -0.2) is 22.5 Å². The average molecular weight is 229 g/mol. The molecule has 90 valence electrons. The van der Waals surface area contributed by atoms with Crippen LogP contribution in [0.3, 0.4) is 0 Å². The van der Waals surface area contributed by atoms with Gasteiger partial charge in [0.25, 0.3) is 0 Å². The van der Waals surface area contributed by atoms with Crippen LogP contribution in [0.5, 0.6) is 0 Å². The van der Waals surface area contributed by atoms with Crippen LogP contribution in [0.15, 0.2) is 24.4 Å². The highest BCUT2D eigenvalue weighted by Gasteiger charge is 2.16. The van der Waals surface area contributed by atoms with Crippen molar-refractivity contribution in [2.24, 2.45) is 5.92 Å². The maximum Gasteiger partial charge on any atom is 0.113 e. The smallest absolute Gasteiger partial charge is 0.113 e. The Balaban J connectivity index is 1.89. The van der Waals surface area contributed by atoms with Gasteiger partial charge in [-0.15, -0.1) is 0 Å². The summed E-state index contributed by atoms with van der Waals surface area (Å²) in [5, 5.41) is 3.47. The van der Waals surface area contributed by atoms with Gasteiger partial charge in [0, 0.05) is 12.1 Å². The van der Waals surface area contributed by atoms with Gasteiger partial charge in [-0.05, 0) is 50.9 Å². The number of hydrogen-bond acceptors (Lipinski definition) is 2. The van der Waals surface area contributed by atoms with Crippen molar-refractivity contribution in [3.8, 4) is 0 Å². The van der Waals surface area contributed by atoms with Crippen LogP contribution in [0.2, 0.25) is 0 Å². The quantitative estimate of drug-likeness (QED) is 0.855. The Kier molecular flexibility index (Phi) is 2.85. The van der Waals surface area contributed by atoms with Crippen molar-refractivity contribution in [3.05, 3.63) is 35.9 Å². The Morgan fingerprint density at radius 2 is 2.41 bits per heavy atom. The Labute approximate surface area is 102 Å². The van der Waals surface area contributed by atoms with E-state index in [1.165, 1.54) is 36.4 Å². The molecule has 1 N–H and O–H groups in total. The van der Waals surface area contributed by atoms with E-state index in [4.69, 9.17) is 0 Å². The van der Waals surface area contributed by atoms with Gasteiger partial charge in [0.05, 0.1) is 11.7 Å². The largest absolute Gasteiger partial charge is 0.316 e. The Morgan fingerprint density at radius 1 is 1.47 bits per heavy atom. The minimum atomic E-state index is 0.744. The number of piperidine rings is 1. The third-order valence-corrected chi connectivity index (χ3v) is 3.69. The minimum absolute atomic E-state index is 0.744. The molecule has 1 saturated heterocycles. The summed E-state index contributed by atoms with van der Waals surface area (Å²) in [6, 6.07) is 6.37. The second kappa shape index (κ2) is 4.49. The number of rotatable bonds is 2. The molecule has 3 rings (SSSR count). The van der Waals surface area contributed by atoms with E-state index in [2.05, 4.69) is 39.8 Å². The zero-order chi connectivity index (χ0) is 11.7. The van der Waals surface area contributed by atoms with Crippen LogP contribution in [0.4, 0.5) is 0 Å². The van der Waals surface area contributed by atoms with E-state index in [1.54, 1.807) is 0 Å². The molecule has 3 nitrogen and oxygen atoms in total. The van der Waals surface area contributed by atoms with E-state index >= 15 is 0 Å².